The number of halogens is 2. The summed E-state index contributed by atoms with van der Waals surface area (Å²) in [5.74, 6) is -1.48. The van der Waals surface area contributed by atoms with E-state index in [1.54, 1.807) is 0 Å². The van der Waals surface area contributed by atoms with Crippen molar-refractivity contribution >= 4 is 32.8 Å². The highest BCUT2D eigenvalue weighted by Crippen LogP contribution is 2.39. The van der Waals surface area contributed by atoms with E-state index in [4.69, 9.17) is 0 Å². The standard InChI is InChI=1S/C16H15BrFNO2/c1-16(2)4-3-12-10(7-16)13(15(20)21)9-5-8(18)6-11(17)14(9)19-12/h5-6H,3-4,7H2,1-2H3,(H,20,21). The van der Waals surface area contributed by atoms with Crippen LogP contribution in [0.25, 0.3) is 10.9 Å². The molecule has 0 saturated heterocycles. The fourth-order valence-electron chi connectivity index (χ4n) is 3.04. The number of nitrogens with zero attached hydrogens (tertiary/aromatic N) is 1. The molecule has 0 amide bonds. The van der Waals surface area contributed by atoms with Crippen molar-refractivity contribution in [3.8, 4) is 0 Å². The molecule has 5 heteroatoms. The number of hydrogen-bond donors (Lipinski definition) is 1. The second-order valence-electron chi connectivity index (χ2n) is 6.34. The summed E-state index contributed by atoms with van der Waals surface area (Å²) in [5.41, 5.74) is 2.34. The predicted octanol–water partition coefficient (Wildman–Crippen LogP) is 4.35. The molecular formula is C16H15BrFNO2. The second kappa shape index (κ2) is 4.77. The quantitative estimate of drug-likeness (QED) is 0.830. The molecule has 0 aliphatic heterocycles. The zero-order valence-corrected chi connectivity index (χ0v) is 13.4. The molecule has 110 valence electrons. The number of benzene rings is 1. The first kappa shape index (κ1) is 14.4. The lowest BCUT2D eigenvalue weighted by Gasteiger charge is -2.32. The van der Waals surface area contributed by atoms with Gasteiger partial charge in [0.15, 0.2) is 0 Å². The summed E-state index contributed by atoms with van der Waals surface area (Å²) < 4.78 is 14.2. The molecule has 0 radical (unpaired) electrons. The summed E-state index contributed by atoms with van der Waals surface area (Å²) in [5, 5.41) is 9.99. The number of carboxylic acid groups (broad SMARTS) is 1. The molecule has 3 nitrogen and oxygen atoms in total. The van der Waals surface area contributed by atoms with Crippen LogP contribution < -0.4 is 0 Å². The van der Waals surface area contributed by atoms with E-state index in [1.165, 1.54) is 12.1 Å². The summed E-state index contributed by atoms with van der Waals surface area (Å²) in [7, 11) is 0. The van der Waals surface area contributed by atoms with Crippen LogP contribution in [0.1, 0.15) is 41.9 Å². The van der Waals surface area contributed by atoms with Gasteiger partial charge in [-0.05, 0) is 58.3 Å². The number of aromatic nitrogens is 1. The van der Waals surface area contributed by atoms with Gasteiger partial charge in [0.2, 0.25) is 0 Å². The molecule has 0 unspecified atom stereocenters. The van der Waals surface area contributed by atoms with Gasteiger partial charge < -0.3 is 5.11 Å². The number of hydrogen-bond acceptors (Lipinski definition) is 2. The van der Waals surface area contributed by atoms with Crippen LogP contribution >= 0.6 is 15.9 Å². The Labute approximate surface area is 130 Å². The van der Waals surface area contributed by atoms with Crippen LogP contribution in [-0.4, -0.2) is 16.1 Å². The number of carboxylic acids is 1. The number of fused-ring (bicyclic) bond motifs is 2. The Kier molecular flexibility index (Phi) is 3.28. The van der Waals surface area contributed by atoms with E-state index < -0.39 is 11.8 Å². The molecule has 21 heavy (non-hydrogen) atoms. The van der Waals surface area contributed by atoms with Crippen molar-refractivity contribution in [3.63, 3.8) is 0 Å². The maximum Gasteiger partial charge on any atom is 0.336 e. The smallest absolute Gasteiger partial charge is 0.336 e. The molecule has 1 aliphatic rings. The number of pyridine rings is 1. The highest BCUT2D eigenvalue weighted by molar-refractivity contribution is 9.10. The van der Waals surface area contributed by atoms with Gasteiger partial charge >= 0.3 is 5.97 Å². The number of carbonyl (C=O) groups is 1. The topological polar surface area (TPSA) is 50.2 Å². The Morgan fingerprint density at radius 2 is 2.14 bits per heavy atom. The average molecular weight is 352 g/mol. The minimum Gasteiger partial charge on any atom is -0.478 e. The molecule has 0 spiro atoms. The molecule has 0 fully saturated rings. The van der Waals surface area contributed by atoms with E-state index in [2.05, 4.69) is 34.8 Å². The van der Waals surface area contributed by atoms with Gasteiger partial charge in [-0.3, -0.25) is 4.98 Å². The van der Waals surface area contributed by atoms with Crippen LogP contribution in [0.5, 0.6) is 0 Å². The van der Waals surface area contributed by atoms with Gasteiger partial charge in [-0.2, -0.15) is 0 Å². The summed E-state index contributed by atoms with van der Waals surface area (Å²) in [6.07, 6.45) is 2.37. The fourth-order valence-corrected chi connectivity index (χ4v) is 3.57. The maximum absolute atomic E-state index is 13.7. The van der Waals surface area contributed by atoms with E-state index >= 15 is 0 Å². The van der Waals surface area contributed by atoms with Crippen molar-refractivity contribution in [2.24, 2.45) is 5.41 Å². The van der Waals surface area contributed by atoms with Crippen LogP contribution in [0.2, 0.25) is 0 Å². The van der Waals surface area contributed by atoms with Crippen molar-refractivity contribution in [2.45, 2.75) is 33.1 Å². The van der Waals surface area contributed by atoms with Crippen molar-refractivity contribution in [2.75, 3.05) is 0 Å². The molecule has 1 heterocycles. The molecule has 1 N–H and O–H groups in total. The Bertz CT molecular complexity index is 771. The normalized spacial score (nSPS) is 16.8. The number of rotatable bonds is 1. The van der Waals surface area contributed by atoms with Gasteiger partial charge in [-0.25, -0.2) is 9.18 Å². The summed E-state index contributed by atoms with van der Waals surface area (Å²) in [6.45, 7) is 4.24. The molecule has 2 aromatic rings. The molecule has 1 aromatic heterocycles. The van der Waals surface area contributed by atoms with Crippen molar-refractivity contribution < 1.29 is 14.3 Å². The summed E-state index contributed by atoms with van der Waals surface area (Å²) in [4.78, 5) is 16.3. The van der Waals surface area contributed by atoms with E-state index in [0.717, 1.165) is 24.1 Å². The number of aryl methyl sites for hydroxylation is 1. The third-order valence-electron chi connectivity index (χ3n) is 4.10. The average Bonchev–Trinajstić information content (AvgIpc) is 2.35. The minimum atomic E-state index is -1.02. The van der Waals surface area contributed by atoms with E-state index in [-0.39, 0.29) is 11.0 Å². The Morgan fingerprint density at radius 3 is 2.81 bits per heavy atom. The molecule has 0 bridgehead atoms. The van der Waals surface area contributed by atoms with E-state index in [0.29, 0.717) is 21.8 Å². The van der Waals surface area contributed by atoms with Gasteiger partial charge in [-0.15, -0.1) is 0 Å². The monoisotopic (exact) mass is 351 g/mol. The predicted molar refractivity (Wildman–Crippen MR) is 82.2 cm³/mol. The molecule has 3 rings (SSSR count). The van der Waals surface area contributed by atoms with Crippen molar-refractivity contribution in [1.82, 2.24) is 4.98 Å². The van der Waals surface area contributed by atoms with Crippen LogP contribution in [0, 0.1) is 11.2 Å². The van der Waals surface area contributed by atoms with Crippen LogP contribution in [0.4, 0.5) is 4.39 Å². The zero-order valence-electron chi connectivity index (χ0n) is 11.8. The van der Waals surface area contributed by atoms with Crippen LogP contribution in [-0.2, 0) is 12.8 Å². The Hall–Kier alpha value is -1.49. The van der Waals surface area contributed by atoms with E-state index in [1.807, 2.05) is 0 Å². The third kappa shape index (κ3) is 2.44. The highest BCUT2D eigenvalue weighted by Gasteiger charge is 2.31. The molecular weight excluding hydrogens is 337 g/mol. The highest BCUT2D eigenvalue weighted by atomic mass is 79.9. The first-order chi connectivity index (χ1) is 9.78. The lowest BCUT2D eigenvalue weighted by atomic mass is 9.74. The van der Waals surface area contributed by atoms with Gasteiger partial charge in [0.05, 0.1) is 11.1 Å². The zero-order chi connectivity index (χ0) is 15.4. The first-order valence-electron chi connectivity index (χ1n) is 6.82. The second-order valence-corrected chi connectivity index (χ2v) is 7.20. The lowest BCUT2D eigenvalue weighted by Crippen LogP contribution is -2.25. The Balaban J connectivity index is 2.41. The van der Waals surface area contributed by atoms with Crippen molar-refractivity contribution in [3.05, 3.63) is 39.2 Å². The Morgan fingerprint density at radius 1 is 1.43 bits per heavy atom. The van der Waals surface area contributed by atoms with Gasteiger partial charge in [-0.1, -0.05) is 13.8 Å². The molecule has 1 aromatic carbocycles. The summed E-state index contributed by atoms with van der Waals surface area (Å²) >= 11 is 3.29. The van der Waals surface area contributed by atoms with E-state index in [9.17, 15) is 14.3 Å². The lowest BCUT2D eigenvalue weighted by molar-refractivity contribution is 0.0696. The van der Waals surface area contributed by atoms with Gasteiger partial charge in [0, 0.05) is 15.6 Å². The van der Waals surface area contributed by atoms with Gasteiger partial charge in [0.1, 0.15) is 5.82 Å². The first-order valence-corrected chi connectivity index (χ1v) is 7.61. The largest absolute Gasteiger partial charge is 0.478 e. The SMILES string of the molecule is CC1(C)CCc2nc3c(Br)cc(F)cc3c(C(=O)O)c2C1. The van der Waals surface area contributed by atoms with Gasteiger partial charge in [0.25, 0.3) is 0 Å². The van der Waals surface area contributed by atoms with Crippen LogP contribution in [0.3, 0.4) is 0 Å². The summed E-state index contributed by atoms with van der Waals surface area (Å²) in [6, 6.07) is 2.58. The van der Waals surface area contributed by atoms with Crippen molar-refractivity contribution in [1.29, 1.82) is 0 Å². The molecule has 0 saturated carbocycles. The minimum absolute atomic E-state index is 0.0388. The maximum atomic E-state index is 13.7. The van der Waals surface area contributed by atoms with Crippen LogP contribution in [0.15, 0.2) is 16.6 Å². The molecule has 1 aliphatic carbocycles. The number of aromatic carboxylic acids is 1. The third-order valence-corrected chi connectivity index (χ3v) is 4.71. The fraction of sp³-hybridized carbons (Fsp3) is 0.375. The molecule has 0 atom stereocenters.